The number of hydrogen-bond donors (Lipinski definition) is 2. The van der Waals surface area contributed by atoms with Crippen molar-refractivity contribution in [2.24, 2.45) is 11.5 Å². The van der Waals surface area contributed by atoms with Gasteiger partial charge in [-0.2, -0.15) is 0 Å². The van der Waals surface area contributed by atoms with Crippen LogP contribution in [-0.2, 0) is 19.1 Å². The molecule has 0 spiro atoms. The predicted molar refractivity (Wildman–Crippen MR) is 132 cm³/mol. The second-order valence-corrected chi connectivity index (χ2v) is 9.12. The topological polar surface area (TPSA) is 105 Å². The van der Waals surface area contributed by atoms with Crippen LogP contribution in [0.15, 0.2) is 0 Å². The monoisotopic (exact) mass is 456 g/mol. The Hall–Kier alpha value is -1.14. The largest absolute Gasteiger partial charge is 0.438 e. The summed E-state index contributed by atoms with van der Waals surface area (Å²) in [5.74, 6) is -2.09. The van der Waals surface area contributed by atoms with Gasteiger partial charge in [-0.05, 0) is 25.7 Å². The highest BCUT2D eigenvalue weighted by atomic mass is 16.6. The summed E-state index contributed by atoms with van der Waals surface area (Å²) in [7, 11) is 0. The molecule has 4 N–H and O–H groups in total. The SMILES string of the molecule is CCCCCCCCCCCC(N)OC(=O)C(=O)OC(N)CCCCCCCCCCC. The van der Waals surface area contributed by atoms with Gasteiger partial charge in [0.25, 0.3) is 0 Å². The average Bonchev–Trinajstić information content (AvgIpc) is 2.76. The highest BCUT2D eigenvalue weighted by molar-refractivity contribution is 6.29. The summed E-state index contributed by atoms with van der Waals surface area (Å²) in [5.41, 5.74) is 11.6. The first-order valence-corrected chi connectivity index (χ1v) is 13.4. The summed E-state index contributed by atoms with van der Waals surface area (Å²) < 4.78 is 9.98. The molecule has 0 radical (unpaired) electrons. The number of hydrogen-bond acceptors (Lipinski definition) is 6. The maximum absolute atomic E-state index is 11.8. The zero-order valence-corrected chi connectivity index (χ0v) is 21.1. The van der Waals surface area contributed by atoms with Crippen LogP contribution in [0.1, 0.15) is 142 Å². The van der Waals surface area contributed by atoms with Crippen LogP contribution in [0.25, 0.3) is 0 Å². The van der Waals surface area contributed by atoms with Crippen molar-refractivity contribution in [1.82, 2.24) is 0 Å². The molecule has 2 atom stereocenters. The van der Waals surface area contributed by atoms with E-state index in [0.717, 1.165) is 25.7 Å². The van der Waals surface area contributed by atoms with Gasteiger partial charge in [0.2, 0.25) is 0 Å². The van der Waals surface area contributed by atoms with Crippen molar-refractivity contribution in [1.29, 1.82) is 0 Å². The minimum absolute atomic E-state index is 0.555. The Kier molecular flexibility index (Phi) is 22.2. The molecule has 6 nitrogen and oxygen atoms in total. The Bertz CT molecular complexity index is 406. The van der Waals surface area contributed by atoms with Crippen LogP contribution in [0, 0.1) is 0 Å². The third-order valence-electron chi connectivity index (χ3n) is 5.87. The summed E-state index contributed by atoms with van der Waals surface area (Å²) >= 11 is 0. The fraction of sp³-hybridized carbons (Fsp3) is 0.923. The van der Waals surface area contributed by atoms with Gasteiger partial charge in [0.15, 0.2) is 12.5 Å². The van der Waals surface area contributed by atoms with Gasteiger partial charge in [-0.25, -0.2) is 9.59 Å². The van der Waals surface area contributed by atoms with Crippen LogP contribution in [0.2, 0.25) is 0 Å². The summed E-state index contributed by atoms with van der Waals surface area (Å²) in [6, 6.07) is 0. The number of unbranched alkanes of at least 4 members (excludes halogenated alkanes) is 16. The van der Waals surface area contributed by atoms with Crippen LogP contribution < -0.4 is 11.5 Å². The third-order valence-corrected chi connectivity index (χ3v) is 5.87. The van der Waals surface area contributed by atoms with Gasteiger partial charge in [-0.3, -0.25) is 11.5 Å². The molecule has 0 aromatic carbocycles. The molecule has 0 heterocycles. The van der Waals surface area contributed by atoms with E-state index < -0.39 is 24.4 Å². The van der Waals surface area contributed by atoms with Gasteiger partial charge >= 0.3 is 11.9 Å². The van der Waals surface area contributed by atoms with E-state index in [9.17, 15) is 9.59 Å². The van der Waals surface area contributed by atoms with Gasteiger partial charge < -0.3 is 9.47 Å². The summed E-state index contributed by atoms with van der Waals surface area (Å²) in [4.78, 5) is 23.7. The molecule has 6 heteroatoms. The van der Waals surface area contributed by atoms with Crippen molar-refractivity contribution < 1.29 is 19.1 Å². The minimum Gasteiger partial charge on any atom is -0.438 e. The minimum atomic E-state index is -1.05. The lowest BCUT2D eigenvalue weighted by atomic mass is 10.1. The molecule has 0 rings (SSSR count). The van der Waals surface area contributed by atoms with Gasteiger partial charge in [0.1, 0.15) is 0 Å². The molecule has 0 bridgehead atoms. The first kappa shape index (κ1) is 30.9. The smallest absolute Gasteiger partial charge is 0.419 e. The number of nitrogens with two attached hydrogens (primary N) is 2. The van der Waals surface area contributed by atoms with E-state index in [1.54, 1.807) is 0 Å². The third kappa shape index (κ3) is 20.7. The quantitative estimate of drug-likeness (QED) is 0.0835. The lowest BCUT2D eigenvalue weighted by molar-refractivity contribution is -0.174. The fourth-order valence-electron chi connectivity index (χ4n) is 3.80. The number of esters is 2. The average molecular weight is 457 g/mol. The van der Waals surface area contributed by atoms with Gasteiger partial charge in [0.05, 0.1) is 0 Å². The lowest BCUT2D eigenvalue weighted by Crippen LogP contribution is -2.35. The van der Waals surface area contributed by atoms with Gasteiger partial charge in [-0.15, -0.1) is 0 Å². The van der Waals surface area contributed by atoms with Gasteiger partial charge in [-0.1, -0.05) is 117 Å². The molecule has 32 heavy (non-hydrogen) atoms. The highest BCUT2D eigenvalue weighted by Gasteiger charge is 2.22. The van der Waals surface area contributed by atoms with Crippen molar-refractivity contribution in [2.45, 2.75) is 155 Å². The van der Waals surface area contributed by atoms with Crippen LogP contribution in [-0.4, -0.2) is 24.4 Å². The highest BCUT2D eigenvalue weighted by Crippen LogP contribution is 2.13. The van der Waals surface area contributed by atoms with Crippen molar-refractivity contribution in [3.05, 3.63) is 0 Å². The maximum atomic E-state index is 11.8. The molecule has 0 amide bonds. The molecule has 0 saturated heterocycles. The number of rotatable bonds is 22. The number of ether oxygens (including phenoxy) is 2. The summed E-state index contributed by atoms with van der Waals surface area (Å²) in [6.07, 6.45) is 21.3. The molecule has 0 aromatic rings. The standard InChI is InChI=1S/C26H52N2O4/c1-3-5-7-9-11-13-15-17-19-21-23(27)31-25(29)26(30)32-24(28)22-20-18-16-14-12-10-8-6-4-2/h23-24H,3-22,27-28H2,1-2H3. The van der Waals surface area contributed by atoms with Crippen LogP contribution in [0.4, 0.5) is 0 Å². The van der Waals surface area contributed by atoms with E-state index in [0.29, 0.717) is 12.8 Å². The number of carbonyl (C=O) groups is 2. The van der Waals surface area contributed by atoms with E-state index in [-0.39, 0.29) is 0 Å². The predicted octanol–water partition coefficient (Wildman–Crippen LogP) is 6.48. The Morgan fingerprint density at radius 2 is 0.750 bits per heavy atom. The normalized spacial score (nSPS) is 13.0. The van der Waals surface area contributed by atoms with E-state index >= 15 is 0 Å². The van der Waals surface area contributed by atoms with Crippen molar-refractivity contribution in [3.63, 3.8) is 0 Å². The second kappa shape index (κ2) is 23.0. The van der Waals surface area contributed by atoms with Gasteiger partial charge in [0, 0.05) is 0 Å². The second-order valence-electron chi connectivity index (χ2n) is 9.12. The van der Waals surface area contributed by atoms with Crippen LogP contribution in [0.5, 0.6) is 0 Å². The molecule has 0 aromatic heterocycles. The van der Waals surface area contributed by atoms with E-state index in [4.69, 9.17) is 20.9 Å². The molecule has 0 aliphatic carbocycles. The van der Waals surface area contributed by atoms with E-state index in [1.165, 1.54) is 89.9 Å². The Morgan fingerprint density at radius 3 is 1.03 bits per heavy atom. The summed E-state index contributed by atoms with van der Waals surface area (Å²) in [6.45, 7) is 4.45. The molecule has 0 aliphatic heterocycles. The molecular formula is C26H52N2O4. The fourth-order valence-corrected chi connectivity index (χ4v) is 3.80. The Balaban J connectivity index is 3.64. The maximum Gasteiger partial charge on any atom is 0.419 e. The molecular weight excluding hydrogens is 404 g/mol. The first-order valence-electron chi connectivity index (χ1n) is 13.4. The van der Waals surface area contributed by atoms with Crippen molar-refractivity contribution in [2.75, 3.05) is 0 Å². The zero-order chi connectivity index (χ0) is 23.9. The number of carbonyl (C=O) groups excluding carboxylic acids is 2. The summed E-state index contributed by atoms with van der Waals surface area (Å²) in [5, 5.41) is 0. The Labute approximate surface area is 197 Å². The molecule has 0 aliphatic rings. The van der Waals surface area contributed by atoms with Crippen LogP contribution in [0.3, 0.4) is 0 Å². The van der Waals surface area contributed by atoms with Crippen molar-refractivity contribution >= 4 is 11.9 Å². The van der Waals surface area contributed by atoms with E-state index in [2.05, 4.69) is 13.8 Å². The van der Waals surface area contributed by atoms with E-state index in [1.807, 2.05) is 0 Å². The first-order chi connectivity index (χ1) is 15.5. The van der Waals surface area contributed by atoms with Crippen LogP contribution >= 0.6 is 0 Å². The lowest BCUT2D eigenvalue weighted by Gasteiger charge is -2.15. The molecule has 0 saturated carbocycles. The Morgan fingerprint density at radius 1 is 0.500 bits per heavy atom. The molecule has 190 valence electrons. The molecule has 2 unspecified atom stereocenters. The molecule has 0 fully saturated rings. The zero-order valence-electron chi connectivity index (χ0n) is 21.1. The van der Waals surface area contributed by atoms with Crippen molar-refractivity contribution in [3.8, 4) is 0 Å².